The van der Waals surface area contributed by atoms with Gasteiger partial charge in [0.2, 0.25) is 11.8 Å². The predicted octanol–water partition coefficient (Wildman–Crippen LogP) is 3.62. The summed E-state index contributed by atoms with van der Waals surface area (Å²) in [7, 11) is 1.55. The molecule has 2 amide bonds. The molecule has 1 heterocycles. The molecule has 1 aliphatic heterocycles. The van der Waals surface area contributed by atoms with Gasteiger partial charge in [-0.05, 0) is 43.2 Å². The van der Waals surface area contributed by atoms with Gasteiger partial charge < -0.3 is 19.7 Å². The van der Waals surface area contributed by atoms with E-state index in [9.17, 15) is 22.8 Å². The van der Waals surface area contributed by atoms with Crippen molar-refractivity contribution in [2.45, 2.75) is 31.7 Å². The van der Waals surface area contributed by atoms with Crippen molar-refractivity contribution >= 4 is 17.5 Å². The van der Waals surface area contributed by atoms with Crippen LogP contribution in [0.2, 0.25) is 0 Å². The molecule has 2 atom stereocenters. The number of methoxy groups -OCH3 is 1. The van der Waals surface area contributed by atoms with Gasteiger partial charge in [-0.3, -0.25) is 9.59 Å². The maximum atomic E-state index is 12.7. The second-order valence-electron chi connectivity index (χ2n) is 6.88. The Morgan fingerprint density at radius 1 is 1.17 bits per heavy atom. The quantitative estimate of drug-likeness (QED) is 0.772. The Bertz CT molecular complexity index is 915. The van der Waals surface area contributed by atoms with Gasteiger partial charge >= 0.3 is 6.36 Å². The summed E-state index contributed by atoms with van der Waals surface area (Å²) < 4.78 is 46.3. The zero-order valence-electron chi connectivity index (χ0n) is 16.4. The molecule has 0 radical (unpaired) electrons. The number of rotatable bonds is 6. The second kappa shape index (κ2) is 8.64. The van der Waals surface area contributed by atoms with Crippen LogP contribution in [0.25, 0.3) is 0 Å². The van der Waals surface area contributed by atoms with Crippen molar-refractivity contribution in [2.75, 3.05) is 18.6 Å². The van der Waals surface area contributed by atoms with Crippen LogP contribution in [0, 0.1) is 0 Å². The summed E-state index contributed by atoms with van der Waals surface area (Å²) in [6.07, 6.45) is -4.47. The smallest absolute Gasteiger partial charge is 0.497 e. The Labute approximate surface area is 171 Å². The lowest BCUT2D eigenvalue weighted by Crippen LogP contribution is -2.43. The number of ether oxygens (including phenoxy) is 2. The van der Waals surface area contributed by atoms with Gasteiger partial charge in [0.1, 0.15) is 17.5 Å². The lowest BCUT2D eigenvalue weighted by molar-refractivity contribution is -0.274. The standard InChI is InChI=1S/C21H21F3N2O4/c1-13(14-6-8-16(29-2)9-7-14)19(27)25-18-10-11-26(20(18)28)15-4-3-5-17(12-15)30-21(22,23)24/h3-9,12-13,18H,10-11H2,1-2H3,(H,25,27). The molecular weight excluding hydrogens is 401 g/mol. The summed E-state index contributed by atoms with van der Waals surface area (Å²) >= 11 is 0. The van der Waals surface area contributed by atoms with Gasteiger partial charge in [0.15, 0.2) is 0 Å². The van der Waals surface area contributed by atoms with Crippen LogP contribution >= 0.6 is 0 Å². The number of alkyl halides is 3. The van der Waals surface area contributed by atoms with E-state index >= 15 is 0 Å². The first-order valence-corrected chi connectivity index (χ1v) is 9.29. The number of amides is 2. The molecule has 2 aromatic rings. The Kier molecular flexibility index (Phi) is 6.19. The molecule has 2 aromatic carbocycles. The average Bonchev–Trinajstić information content (AvgIpc) is 3.06. The van der Waals surface area contributed by atoms with Crippen LogP contribution in [0.3, 0.4) is 0 Å². The lowest BCUT2D eigenvalue weighted by Gasteiger charge is -2.19. The Hall–Kier alpha value is -3.23. The number of hydrogen-bond donors (Lipinski definition) is 1. The van der Waals surface area contributed by atoms with E-state index in [2.05, 4.69) is 10.1 Å². The third-order valence-electron chi connectivity index (χ3n) is 4.89. The summed E-state index contributed by atoms with van der Waals surface area (Å²) in [5, 5.41) is 2.74. The summed E-state index contributed by atoms with van der Waals surface area (Å²) in [6, 6.07) is 11.5. The number of carbonyl (C=O) groups excluding carboxylic acids is 2. The number of nitrogens with one attached hydrogen (secondary N) is 1. The average molecular weight is 422 g/mol. The van der Waals surface area contributed by atoms with Gasteiger partial charge in [-0.1, -0.05) is 18.2 Å². The Morgan fingerprint density at radius 3 is 2.50 bits per heavy atom. The summed E-state index contributed by atoms with van der Waals surface area (Å²) in [5.41, 5.74) is 1.05. The molecule has 1 fully saturated rings. The minimum Gasteiger partial charge on any atom is -0.497 e. The predicted molar refractivity (Wildman–Crippen MR) is 103 cm³/mol. The molecule has 0 bridgehead atoms. The topological polar surface area (TPSA) is 67.9 Å². The van der Waals surface area contributed by atoms with Crippen molar-refractivity contribution < 1.29 is 32.2 Å². The first-order valence-electron chi connectivity index (χ1n) is 9.29. The zero-order chi connectivity index (χ0) is 21.9. The lowest BCUT2D eigenvalue weighted by atomic mass is 10.00. The van der Waals surface area contributed by atoms with Crippen LogP contribution in [-0.2, 0) is 9.59 Å². The monoisotopic (exact) mass is 422 g/mol. The first kappa shape index (κ1) is 21.5. The van der Waals surface area contributed by atoms with E-state index in [-0.39, 0.29) is 24.0 Å². The van der Waals surface area contributed by atoms with Crippen LogP contribution in [0.1, 0.15) is 24.8 Å². The third kappa shape index (κ3) is 5.03. The minimum atomic E-state index is -4.82. The van der Waals surface area contributed by atoms with Crippen LogP contribution in [0.5, 0.6) is 11.5 Å². The zero-order valence-corrected chi connectivity index (χ0v) is 16.4. The Morgan fingerprint density at radius 2 is 1.87 bits per heavy atom. The molecular formula is C21H21F3N2O4. The van der Waals surface area contributed by atoms with Gasteiger partial charge in [-0.15, -0.1) is 13.2 Å². The van der Waals surface area contributed by atoms with Gasteiger partial charge in [-0.2, -0.15) is 0 Å². The largest absolute Gasteiger partial charge is 0.573 e. The second-order valence-corrected chi connectivity index (χ2v) is 6.88. The van der Waals surface area contributed by atoms with Crippen LogP contribution in [0.15, 0.2) is 48.5 Å². The summed E-state index contributed by atoms with van der Waals surface area (Å²) in [4.78, 5) is 26.6. The van der Waals surface area contributed by atoms with Crippen molar-refractivity contribution in [3.63, 3.8) is 0 Å². The fourth-order valence-electron chi connectivity index (χ4n) is 3.26. The fraction of sp³-hybridized carbons (Fsp3) is 0.333. The number of nitrogens with zero attached hydrogens (tertiary/aromatic N) is 1. The molecule has 1 saturated heterocycles. The highest BCUT2D eigenvalue weighted by Crippen LogP contribution is 2.29. The van der Waals surface area contributed by atoms with Crippen LogP contribution in [0.4, 0.5) is 18.9 Å². The van der Waals surface area contributed by atoms with E-state index in [4.69, 9.17) is 4.74 Å². The van der Waals surface area contributed by atoms with Crippen molar-refractivity contribution in [1.82, 2.24) is 5.32 Å². The highest BCUT2D eigenvalue weighted by atomic mass is 19.4. The van der Waals surface area contributed by atoms with Crippen LogP contribution < -0.4 is 19.7 Å². The normalized spacial score (nSPS) is 17.6. The van der Waals surface area contributed by atoms with Gasteiger partial charge in [0.25, 0.3) is 0 Å². The summed E-state index contributed by atoms with van der Waals surface area (Å²) in [6.45, 7) is 2.00. The summed E-state index contributed by atoms with van der Waals surface area (Å²) in [5.74, 6) is -0.914. The highest BCUT2D eigenvalue weighted by Gasteiger charge is 2.35. The van der Waals surface area contributed by atoms with Gasteiger partial charge in [-0.25, -0.2) is 0 Å². The van der Waals surface area contributed by atoms with E-state index in [1.54, 1.807) is 38.3 Å². The minimum absolute atomic E-state index is 0.274. The van der Waals surface area contributed by atoms with E-state index in [1.807, 2.05) is 0 Å². The number of benzene rings is 2. The van der Waals surface area contributed by atoms with E-state index in [1.165, 1.54) is 17.0 Å². The van der Waals surface area contributed by atoms with Crippen LogP contribution in [-0.4, -0.2) is 37.9 Å². The Balaban J connectivity index is 1.65. The first-order chi connectivity index (χ1) is 14.2. The molecule has 30 heavy (non-hydrogen) atoms. The van der Waals surface area contributed by atoms with E-state index < -0.39 is 24.1 Å². The van der Waals surface area contributed by atoms with Gasteiger partial charge in [0, 0.05) is 18.3 Å². The van der Waals surface area contributed by atoms with E-state index in [0.29, 0.717) is 12.2 Å². The molecule has 1 aliphatic rings. The highest BCUT2D eigenvalue weighted by molar-refractivity contribution is 6.02. The molecule has 6 nitrogen and oxygen atoms in total. The van der Waals surface area contributed by atoms with E-state index in [0.717, 1.165) is 17.7 Å². The third-order valence-corrected chi connectivity index (χ3v) is 4.89. The van der Waals surface area contributed by atoms with Crippen molar-refractivity contribution in [3.05, 3.63) is 54.1 Å². The number of anilines is 1. The molecule has 9 heteroatoms. The SMILES string of the molecule is COc1ccc(C(C)C(=O)NC2CCN(c3cccc(OC(F)(F)F)c3)C2=O)cc1. The number of carbonyl (C=O) groups is 2. The molecule has 0 aromatic heterocycles. The molecule has 0 saturated carbocycles. The van der Waals surface area contributed by atoms with Crippen molar-refractivity contribution in [1.29, 1.82) is 0 Å². The maximum Gasteiger partial charge on any atom is 0.573 e. The molecule has 0 spiro atoms. The number of hydrogen-bond acceptors (Lipinski definition) is 4. The number of halogens is 3. The molecule has 3 rings (SSSR count). The molecule has 0 aliphatic carbocycles. The molecule has 1 N–H and O–H groups in total. The van der Waals surface area contributed by atoms with Gasteiger partial charge in [0.05, 0.1) is 13.0 Å². The molecule has 2 unspecified atom stereocenters. The van der Waals surface area contributed by atoms with Crippen molar-refractivity contribution in [3.8, 4) is 11.5 Å². The molecule has 160 valence electrons. The fourth-order valence-corrected chi connectivity index (χ4v) is 3.26. The maximum absolute atomic E-state index is 12.7. The van der Waals surface area contributed by atoms with Crippen molar-refractivity contribution in [2.24, 2.45) is 0 Å².